The molecule has 31 heavy (non-hydrogen) atoms. The monoisotopic (exact) mass is 423 g/mol. The highest BCUT2D eigenvalue weighted by Crippen LogP contribution is 2.22. The molecule has 1 amide bonds. The molecule has 162 valence electrons. The second-order valence-corrected chi connectivity index (χ2v) is 7.84. The molecule has 0 aliphatic carbocycles. The first-order chi connectivity index (χ1) is 15.0. The van der Waals surface area contributed by atoms with Gasteiger partial charge in [0.1, 0.15) is 12.4 Å². The predicted molar refractivity (Wildman–Crippen MR) is 114 cm³/mol. The van der Waals surface area contributed by atoms with Crippen LogP contribution in [0.2, 0.25) is 0 Å². The maximum Gasteiger partial charge on any atom is 0.276 e. The number of ether oxygens (including phenoxy) is 1. The Bertz CT molecular complexity index is 1060. The second kappa shape index (κ2) is 9.31. The summed E-state index contributed by atoms with van der Waals surface area (Å²) in [5, 5.41) is 3.97. The lowest BCUT2D eigenvalue weighted by atomic mass is 10.1. The molecule has 1 fully saturated rings. The van der Waals surface area contributed by atoms with Gasteiger partial charge in [-0.05, 0) is 31.5 Å². The predicted octanol–water partition coefficient (Wildman–Crippen LogP) is 3.97. The minimum atomic E-state index is -0.450. The van der Waals surface area contributed by atoms with Gasteiger partial charge in [-0.15, -0.1) is 0 Å². The number of benzene rings is 2. The van der Waals surface area contributed by atoms with Gasteiger partial charge in [0.15, 0.2) is 17.3 Å². The number of carbonyl (C=O) groups excluding carboxylic acids is 1. The van der Waals surface area contributed by atoms with E-state index in [0.717, 1.165) is 19.6 Å². The van der Waals surface area contributed by atoms with Gasteiger partial charge in [0, 0.05) is 32.7 Å². The van der Waals surface area contributed by atoms with Gasteiger partial charge >= 0.3 is 0 Å². The number of aryl methyl sites for hydroxylation is 2. The quantitative estimate of drug-likeness (QED) is 0.601. The molecule has 0 bridgehead atoms. The third-order valence-corrected chi connectivity index (χ3v) is 5.54. The Balaban J connectivity index is 1.37. The average Bonchev–Trinajstić information content (AvgIpc) is 3.13. The molecule has 2 heterocycles. The SMILES string of the molecule is Cc1cccc(CN2CCN(C(=O)c3noc(C)c3COc3ccccc3F)CC2)c1. The number of rotatable bonds is 6. The molecule has 0 radical (unpaired) electrons. The van der Waals surface area contributed by atoms with E-state index in [9.17, 15) is 9.18 Å². The lowest BCUT2D eigenvalue weighted by Gasteiger charge is -2.34. The summed E-state index contributed by atoms with van der Waals surface area (Å²) in [7, 11) is 0. The minimum Gasteiger partial charge on any atom is -0.486 e. The van der Waals surface area contributed by atoms with Crippen molar-refractivity contribution in [3.05, 3.63) is 82.5 Å². The van der Waals surface area contributed by atoms with Crippen LogP contribution in [0.15, 0.2) is 53.1 Å². The molecule has 0 unspecified atom stereocenters. The van der Waals surface area contributed by atoms with Crippen molar-refractivity contribution in [3.63, 3.8) is 0 Å². The largest absolute Gasteiger partial charge is 0.486 e. The summed E-state index contributed by atoms with van der Waals surface area (Å²) in [6.45, 7) is 7.51. The van der Waals surface area contributed by atoms with E-state index in [1.165, 1.54) is 17.2 Å². The van der Waals surface area contributed by atoms with Crippen molar-refractivity contribution >= 4 is 5.91 Å². The Kier molecular flexibility index (Phi) is 6.32. The average molecular weight is 423 g/mol. The van der Waals surface area contributed by atoms with Crippen molar-refractivity contribution in [2.45, 2.75) is 27.0 Å². The summed E-state index contributed by atoms with van der Waals surface area (Å²) in [5.41, 5.74) is 3.31. The molecule has 0 saturated carbocycles. The van der Waals surface area contributed by atoms with Gasteiger partial charge in [-0.1, -0.05) is 47.1 Å². The molecule has 1 saturated heterocycles. The number of nitrogens with zero attached hydrogens (tertiary/aromatic N) is 3. The molecule has 2 aromatic carbocycles. The van der Waals surface area contributed by atoms with E-state index >= 15 is 0 Å². The van der Waals surface area contributed by atoms with Gasteiger partial charge in [0.05, 0.1) is 5.56 Å². The summed E-state index contributed by atoms with van der Waals surface area (Å²) < 4.78 is 24.7. The van der Waals surface area contributed by atoms with Crippen LogP contribution < -0.4 is 4.74 Å². The zero-order valence-corrected chi connectivity index (χ0v) is 17.8. The van der Waals surface area contributed by atoms with Crippen molar-refractivity contribution in [1.29, 1.82) is 0 Å². The van der Waals surface area contributed by atoms with Crippen molar-refractivity contribution in [2.24, 2.45) is 0 Å². The van der Waals surface area contributed by atoms with E-state index in [1.54, 1.807) is 30.0 Å². The Morgan fingerprint density at radius 3 is 2.61 bits per heavy atom. The zero-order chi connectivity index (χ0) is 21.8. The number of para-hydroxylation sites is 1. The second-order valence-electron chi connectivity index (χ2n) is 7.84. The molecule has 0 N–H and O–H groups in total. The minimum absolute atomic E-state index is 0.0185. The molecule has 1 aliphatic heterocycles. The van der Waals surface area contributed by atoms with Gasteiger partial charge in [-0.25, -0.2) is 4.39 Å². The highest BCUT2D eigenvalue weighted by atomic mass is 19.1. The zero-order valence-electron chi connectivity index (χ0n) is 17.8. The molecule has 0 spiro atoms. The first kappa shape index (κ1) is 21.1. The topological polar surface area (TPSA) is 58.8 Å². The van der Waals surface area contributed by atoms with E-state index in [-0.39, 0.29) is 24.0 Å². The maximum absolute atomic E-state index is 13.8. The maximum atomic E-state index is 13.8. The number of amides is 1. The van der Waals surface area contributed by atoms with Crippen LogP contribution in [0.5, 0.6) is 5.75 Å². The van der Waals surface area contributed by atoms with E-state index in [2.05, 4.69) is 41.2 Å². The summed E-state index contributed by atoms with van der Waals surface area (Å²) in [6.07, 6.45) is 0. The molecule has 1 aromatic heterocycles. The van der Waals surface area contributed by atoms with Crippen molar-refractivity contribution < 1.29 is 18.4 Å². The lowest BCUT2D eigenvalue weighted by molar-refractivity contribution is 0.0616. The number of hydrogen-bond donors (Lipinski definition) is 0. The van der Waals surface area contributed by atoms with Gasteiger partial charge in [0.25, 0.3) is 5.91 Å². The summed E-state index contributed by atoms with van der Waals surface area (Å²) in [4.78, 5) is 17.2. The van der Waals surface area contributed by atoms with Gasteiger partial charge in [0.2, 0.25) is 0 Å². The van der Waals surface area contributed by atoms with E-state index in [0.29, 0.717) is 24.4 Å². The first-order valence-electron chi connectivity index (χ1n) is 10.4. The molecule has 0 atom stereocenters. The van der Waals surface area contributed by atoms with Crippen LogP contribution in [0.25, 0.3) is 0 Å². The molecule has 1 aliphatic rings. The fraction of sp³-hybridized carbons (Fsp3) is 0.333. The van der Waals surface area contributed by atoms with E-state index in [1.807, 2.05) is 0 Å². The number of hydrogen-bond acceptors (Lipinski definition) is 5. The smallest absolute Gasteiger partial charge is 0.276 e. The molecule has 4 rings (SSSR count). The molecular formula is C24H26FN3O3. The molecule has 6 nitrogen and oxygen atoms in total. The van der Waals surface area contributed by atoms with Crippen LogP contribution in [0.3, 0.4) is 0 Å². The van der Waals surface area contributed by atoms with Crippen LogP contribution in [0.1, 0.15) is 32.9 Å². The van der Waals surface area contributed by atoms with E-state index in [4.69, 9.17) is 9.26 Å². The lowest BCUT2D eigenvalue weighted by Crippen LogP contribution is -2.48. The van der Waals surface area contributed by atoms with Gasteiger partial charge < -0.3 is 14.2 Å². The summed E-state index contributed by atoms with van der Waals surface area (Å²) in [5.74, 6) is -0.00237. The van der Waals surface area contributed by atoms with Crippen LogP contribution in [-0.4, -0.2) is 47.0 Å². The Labute approximate surface area is 181 Å². The fourth-order valence-electron chi connectivity index (χ4n) is 3.77. The van der Waals surface area contributed by atoms with Crippen molar-refractivity contribution in [3.8, 4) is 5.75 Å². The highest BCUT2D eigenvalue weighted by Gasteiger charge is 2.28. The van der Waals surface area contributed by atoms with Crippen LogP contribution in [-0.2, 0) is 13.2 Å². The van der Waals surface area contributed by atoms with Gasteiger partial charge in [-0.2, -0.15) is 0 Å². The normalized spacial score (nSPS) is 14.6. The number of aromatic nitrogens is 1. The van der Waals surface area contributed by atoms with Crippen LogP contribution in [0.4, 0.5) is 4.39 Å². The van der Waals surface area contributed by atoms with Crippen molar-refractivity contribution in [1.82, 2.24) is 15.0 Å². The first-order valence-corrected chi connectivity index (χ1v) is 10.4. The summed E-state index contributed by atoms with van der Waals surface area (Å²) in [6, 6.07) is 14.7. The highest BCUT2D eigenvalue weighted by molar-refractivity contribution is 5.93. The third kappa shape index (κ3) is 4.94. The van der Waals surface area contributed by atoms with Gasteiger partial charge in [-0.3, -0.25) is 9.69 Å². The number of carbonyl (C=O) groups is 1. The third-order valence-electron chi connectivity index (χ3n) is 5.54. The van der Waals surface area contributed by atoms with Crippen molar-refractivity contribution in [2.75, 3.05) is 26.2 Å². The summed E-state index contributed by atoms with van der Waals surface area (Å²) >= 11 is 0. The van der Waals surface area contributed by atoms with Crippen LogP contribution in [0, 0.1) is 19.7 Å². The Hall–Kier alpha value is -3.19. The molecule has 3 aromatic rings. The molecular weight excluding hydrogens is 397 g/mol. The van der Waals surface area contributed by atoms with E-state index < -0.39 is 5.82 Å². The van der Waals surface area contributed by atoms with Crippen LogP contribution >= 0.6 is 0 Å². The molecule has 7 heteroatoms. The Morgan fingerprint density at radius 1 is 1.10 bits per heavy atom. The standard InChI is InChI=1S/C24H26FN3O3/c1-17-6-5-7-19(14-17)15-27-10-12-28(13-11-27)24(29)23-20(18(2)31-26-23)16-30-22-9-4-3-8-21(22)25/h3-9,14H,10-13,15-16H2,1-2H3. The fourth-order valence-corrected chi connectivity index (χ4v) is 3.77. The number of halogens is 1. The Morgan fingerprint density at radius 2 is 1.87 bits per heavy atom. The number of piperazine rings is 1.